The first-order valence-corrected chi connectivity index (χ1v) is 7.13. The highest BCUT2D eigenvalue weighted by molar-refractivity contribution is 5.97. The second kappa shape index (κ2) is 6.43. The number of primary amides is 1. The third-order valence-electron chi connectivity index (χ3n) is 3.64. The molecule has 2 rings (SSSR count). The molecule has 2 amide bonds. The molecule has 0 saturated carbocycles. The minimum Gasteiger partial charge on any atom is -0.366 e. The Balaban J connectivity index is 2.14. The van der Waals surface area contributed by atoms with Gasteiger partial charge in [0.2, 0.25) is 11.8 Å². The molecular formula is C18H20N2O2. The maximum atomic E-state index is 12.2. The minimum atomic E-state index is -0.497. The van der Waals surface area contributed by atoms with Gasteiger partial charge in [0.1, 0.15) is 0 Å². The number of benzene rings is 2. The van der Waals surface area contributed by atoms with E-state index in [2.05, 4.69) is 5.32 Å². The van der Waals surface area contributed by atoms with E-state index in [4.69, 9.17) is 5.73 Å². The number of anilines is 1. The van der Waals surface area contributed by atoms with E-state index in [0.29, 0.717) is 17.7 Å². The molecule has 0 bridgehead atoms. The summed E-state index contributed by atoms with van der Waals surface area (Å²) in [5, 5.41) is 2.81. The molecule has 0 aliphatic rings. The van der Waals surface area contributed by atoms with Crippen molar-refractivity contribution in [2.75, 3.05) is 5.32 Å². The van der Waals surface area contributed by atoms with E-state index in [1.165, 1.54) is 0 Å². The van der Waals surface area contributed by atoms with E-state index in [-0.39, 0.29) is 5.91 Å². The van der Waals surface area contributed by atoms with Crippen LogP contribution >= 0.6 is 0 Å². The number of nitrogens with two attached hydrogens (primary N) is 1. The van der Waals surface area contributed by atoms with E-state index >= 15 is 0 Å². The van der Waals surface area contributed by atoms with Crippen LogP contribution < -0.4 is 11.1 Å². The Morgan fingerprint density at radius 2 is 1.68 bits per heavy atom. The average Bonchev–Trinajstić information content (AvgIpc) is 2.44. The fraction of sp³-hybridized carbons (Fsp3) is 0.222. The summed E-state index contributed by atoms with van der Waals surface area (Å²) in [6.07, 6.45) is 0.299. The summed E-state index contributed by atoms with van der Waals surface area (Å²) in [5.74, 6) is -0.615. The molecule has 0 saturated heterocycles. The van der Waals surface area contributed by atoms with Crippen LogP contribution in [0.5, 0.6) is 0 Å². The van der Waals surface area contributed by atoms with E-state index < -0.39 is 5.91 Å². The summed E-state index contributed by atoms with van der Waals surface area (Å²) in [6.45, 7) is 5.79. The highest BCUT2D eigenvalue weighted by atomic mass is 16.2. The maximum Gasteiger partial charge on any atom is 0.249 e. The second-order valence-corrected chi connectivity index (χ2v) is 5.55. The normalized spacial score (nSPS) is 10.3. The first-order chi connectivity index (χ1) is 10.4. The molecule has 0 spiro atoms. The summed E-state index contributed by atoms with van der Waals surface area (Å²) >= 11 is 0. The van der Waals surface area contributed by atoms with Gasteiger partial charge in [0.05, 0.1) is 6.42 Å². The third kappa shape index (κ3) is 3.73. The number of nitrogens with one attached hydrogen (secondary N) is 1. The minimum absolute atomic E-state index is 0.118. The number of hydrogen-bond acceptors (Lipinski definition) is 2. The molecule has 3 N–H and O–H groups in total. The van der Waals surface area contributed by atoms with Crippen LogP contribution in [-0.4, -0.2) is 11.8 Å². The van der Waals surface area contributed by atoms with Crippen molar-refractivity contribution >= 4 is 17.5 Å². The van der Waals surface area contributed by atoms with Crippen LogP contribution in [0.25, 0.3) is 0 Å². The summed E-state index contributed by atoms with van der Waals surface area (Å²) in [6, 6.07) is 11.2. The van der Waals surface area contributed by atoms with Gasteiger partial charge in [-0.2, -0.15) is 0 Å². The number of hydrogen-bond donors (Lipinski definition) is 2. The first kappa shape index (κ1) is 15.8. The van der Waals surface area contributed by atoms with Crippen LogP contribution in [0.2, 0.25) is 0 Å². The van der Waals surface area contributed by atoms with Crippen LogP contribution in [-0.2, 0) is 11.2 Å². The fourth-order valence-electron chi connectivity index (χ4n) is 2.33. The Bertz CT molecular complexity index is 736. The van der Waals surface area contributed by atoms with Crippen LogP contribution in [0, 0.1) is 20.8 Å². The molecule has 0 aliphatic carbocycles. The largest absolute Gasteiger partial charge is 0.366 e. The maximum absolute atomic E-state index is 12.2. The second-order valence-electron chi connectivity index (χ2n) is 5.55. The number of carbonyl (C=O) groups excluding carboxylic acids is 2. The van der Waals surface area contributed by atoms with Gasteiger partial charge in [-0.05, 0) is 49.6 Å². The van der Waals surface area contributed by atoms with Gasteiger partial charge in [0.25, 0.3) is 0 Å². The lowest BCUT2D eigenvalue weighted by Crippen LogP contribution is -2.17. The average molecular weight is 296 g/mol. The van der Waals surface area contributed by atoms with Crippen molar-refractivity contribution in [2.24, 2.45) is 5.73 Å². The SMILES string of the molecule is Cc1ccc(C)c(CC(=O)Nc2ccc(C)c(C(N)=O)c2)c1. The molecule has 0 unspecified atom stereocenters. The van der Waals surface area contributed by atoms with Crippen LogP contribution in [0.15, 0.2) is 36.4 Å². The lowest BCUT2D eigenvalue weighted by molar-refractivity contribution is -0.115. The standard InChI is InChI=1S/C18H20N2O2/c1-11-4-5-12(2)14(8-11)9-17(21)20-15-7-6-13(3)16(10-15)18(19)22/h4-8,10H,9H2,1-3H3,(H2,19,22)(H,20,21). The molecule has 22 heavy (non-hydrogen) atoms. The summed E-state index contributed by atoms with van der Waals surface area (Å²) < 4.78 is 0. The Labute approximate surface area is 130 Å². The predicted molar refractivity (Wildman–Crippen MR) is 87.9 cm³/mol. The molecule has 0 aromatic heterocycles. The summed E-state index contributed by atoms with van der Waals surface area (Å²) in [4.78, 5) is 23.5. The van der Waals surface area contributed by atoms with Gasteiger partial charge < -0.3 is 11.1 Å². The van der Waals surface area contributed by atoms with E-state index in [9.17, 15) is 9.59 Å². The van der Waals surface area contributed by atoms with Gasteiger partial charge in [0, 0.05) is 11.3 Å². The van der Waals surface area contributed by atoms with Gasteiger partial charge in [-0.15, -0.1) is 0 Å². The molecule has 4 nitrogen and oxygen atoms in total. The summed E-state index contributed by atoms with van der Waals surface area (Å²) in [5.41, 5.74) is 10.3. The molecule has 114 valence electrons. The smallest absolute Gasteiger partial charge is 0.249 e. The zero-order chi connectivity index (χ0) is 16.3. The Morgan fingerprint density at radius 3 is 2.36 bits per heavy atom. The van der Waals surface area contributed by atoms with Gasteiger partial charge in [-0.3, -0.25) is 9.59 Å². The molecule has 0 fully saturated rings. The van der Waals surface area contributed by atoms with Crippen molar-refractivity contribution < 1.29 is 9.59 Å². The fourth-order valence-corrected chi connectivity index (χ4v) is 2.33. The molecular weight excluding hydrogens is 276 g/mol. The topological polar surface area (TPSA) is 72.2 Å². The van der Waals surface area contributed by atoms with Gasteiger partial charge in [-0.25, -0.2) is 0 Å². The highest BCUT2D eigenvalue weighted by Crippen LogP contribution is 2.16. The van der Waals surface area contributed by atoms with Crippen molar-refractivity contribution in [3.05, 3.63) is 64.2 Å². The number of amides is 2. The quantitative estimate of drug-likeness (QED) is 0.910. The lowest BCUT2D eigenvalue weighted by atomic mass is 10.0. The third-order valence-corrected chi connectivity index (χ3v) is 3.64. The highest BCUT2D eigenvalue weighted by Gasteiger charge is 2.10. The first-order valence-electron chi connectivity index (χ1n) is 7.13. The van der Waals surface area contributed by atoms with Crippen LogP contribution in [0.1, 0.15) is 32.6 Å². The number of carbonyl (C=O) groups is 2. The van der Waals surface area contributed by atoms with E-state index in [0.717, 1.165) is 22.3 Å². The summed E-state index contributed by atoms with van der Waals surface area (Å²) in [7, 11) is 0. The molecule has 0 atom stereocenters. The lowest BCUT2D eigenvalue weighted by Gasteiger charge is -2.10. The van der Waals surface area contributed by atoms with Crippen molar-refractivity contribution in [2.45, 2.75) is 27.2 Å². The van der Waals surface area contributed by atoms with Crippen molar-refractivity contribution in [3.8, 4) is 0 Å². The molecule has 4 heteroatoms. The van der Waals surface area contributed by atoms with E-state index in [1.807, 2.05) is 39.0 Å². The van der Waals surface area contributed by atoms with Gasteiger partial charge >= 0.3 is 0 Å². The van der Waals surface area contributed by atoms with Crippen molar-refractivity contribution in [1.29, 1.82) is 0 Å². The molecule has 2 aromatic rings. The predicted octanol–water partition coefficient (Wildman–Crippen LogP) is 2.89. The Hall–Kier alpha value is -2.62. The number of aryl methyl sites for hydroxylation is 3. The Kier molecular flexibility index (Phi) is 4.61. The zero-order valence-corrected chi connectivity index (χ0v) is 13.1. The van der Waals surface area contributed by atoms with E-state index in [1.54, 1.807) is 18.2 Å². The zero-order valence-electron chi connectivity index (χ0n) is 13.1. The Morgan fingerprint density at radius 1 is 1.00 bits per heavy atom. The molecule has 0 aliphatic heterocycles. The van der Waals surface area contributed by atoms with Gasteiger partial charge in [0.15, 0.2) is 0 Å². The monoisotopic (exact) mass is 296 g/mol. The molecule has 0 radical (unpaired) electrons. The van der Waals surface area contributed by atoms with Crippen molar-refractivity contribution in [1.82, 2.24) is 0 Å². The van der Waals surface area contributed by atoms with Crippen molar-refractivity contribution in [3.63, 3.8) is 0 Å². The van der Waals surface area contributed by atoms with Gasteiger partial charge in [-0.1, -0.05) is 29.8 Å². The van der Waals surface area contributed by atoms with Crippen LogP contribution in [0.4, 0.5) is 5.69 Å². The number of rotatable bonds is 4. The molecule has 2 aromatic carbocycles. The van der Waals surface area contributed by atoms with Crippen LogP contribution in [0.3, 0.4) is 0 Å². The molecule has 0 heterocycles.